The normalized spacial score (nSPS) is 14.9. The van der Waals surface area contributed by atoms with Crippen molar-refractivity contribution in [1.82, 2.24) is 0 Å². The molecule has 0 spiro atoms. The molecular formula is C8H13F3O3. The number of rotatable bonds is 7. The van der Waals surface area contributed by atoms with Crippen LogP contribution in [0.5, 0.6) is 0 Å². The van der Waals surface area contributed by atoms with Crippen LogP contribution in [-0.2, 0) is 14.5 Å². The van der Waals surface area contributed by atoms with Crippen molar-refractivity contribution in [3.63, 3.8) is 0 Å². The van der Waals surface area contributed by atoms with E-state index in [1.54, 1.807) is 0 Å². The number of halogens is 3. The summed E-state index contributed by atoms with van der Waals surface area (Å²) < 4.78 is 40.3. The fourth-order valence-electron chi connectivity index (χ4n) is 0.731. The zero-order valence-corrected chi connectivity index (χ0v) is 7.89. The lowest BCUT2D eigenvalue weighted by Gasteiger charge is -2.14. The van der Waals surface area contributed by atoms with Gasteiger partial charge in [0.2, 0.25) is 0 Å². The molecule has 0 heterocycles. The maximum Gasteiger partial charge on any atom is 0.378 e. The summed E-state index contributed by atoms with van der Waals surface area (Å²) in [5.41, 5.74) is 0. The first-order valence-corrected chi connectivity index (χ1v) is 4.32. The largest absolute Gasteiger partial charge is 0.461 e. The summed E-state index contributed by atoms with van der Waals surface area (Å²) in [6.07, 6.45) is 2.20. The molecule has 0 saturated carbocycles. The molecule has 0 aromatic heterocycles. The van der Waals surface area contributed by atoms with Crippen LogP contribution in [0.2, 0.25) is 0 Å². The van der Waals surface area contributed by atoms with Crippen molar-refractivity contribution in [3.05, 3.63) is 0 Å². The molecule has 0 radical (unpaired) electrons. The number of hydrogen-bond donors (Lipinski definition) is 0. The highest BCUT2D eigenvalue weighted by molar-refractivity contribution is 5.77. The third-order valence-electron chi connectivity index (χ3n) is 1.58. The molecule has 1 atom stereocenters. The van der Waals surface area contributed by atoms with Gasteiger partial charge in [-0.2, -0.15) is 4.39 Å². The average Bonchev–Trinajstić information content (AvgIpc) is 2.22. The van der Waals surface area contributed by atoms with Crippen LogP contribution in [-0.4, -0.2) is 25.1 Å². The summed E-state index contributed by atoms with van der Waals surface area (Å²) in [5.74, 6) is -5.27. The first-order valence-electron chi connectivity index (χ1n) is 4.32. The van der Waals surface area contributed by atoms with Gasteiger partial charge in [-0.25, -0.2) is 9.18 Å². The van der Waals surface area contributed by atoms with Gasteiger partial charge in [-0.15, -0.1) is 4.94 Å². The molecule has 6 heteroatoms. The first kappa shape index (κ1) is 13.2. The minimum atomic E-state index is -3.60. The average molecular weight is 214 g/mol. The van der Waals surface area contributed by atoms with Crippen LogP contribution in [0.4, 0.5) is 13.3 Å². The molecule has 3 nitrogen and oxygen atoms in total. The summed E-state index contributed by atoms with van der Waals surface area (Å²) in [6.45, 7) is -0.0503. The molecule has 0 saturated heterocycles. The van der Waals surface area contributed by atoms with E-state index in [-0.39, 0.29) is 6.61 Å². The zero-order valence-electron chi connectivity index (χ0n) is 7.89. The van der Waals surface area contributed by atoms with Crippen LogP contribution in [0.1, 0.15) is 26.2 Å². The zero-order chi connectivity index (χ0) is 11.0. The van der Waals surface area contributed by atoms with Gasteiger partial charge in [0.1, 0.15) is 0 Å². The molecule has 14 heavy (non-hydrogen) atoms. The Bertz CT molecular complexity index is 171. The molecule has 84 valence electrons. The summed E-state index contributed by atoms with van der Waals surface area (Å²) in [6, 6.07) is 0. The Labute approximate surface area is 80.1 Å². The lowest BCUT2D eigenvalue weighted by atomic mass is 10.3. The number of hydrogen-bond acceptors (Lipinski definition) is 3. The standard InChI is InChI=1S/C8H13F3O3/c1-2-3-4-5-13-7(12)8(10,6-9)14-11/h2-6H2,1H3. The van der Waals surface area contributed by atoms with Crippen molar-refractivity contribution in [2.75, 3.05) is 13.3 Å². The number of carbonyl (C=O) groups is 1. The van der Waals surface area contributed by atoms with E-state index < -0.39 is 18.5 Å². The van der Waals surface area contributed by atoms with Crippen LogP contribution in [0.15, 0.2) is 0 Å². The van der Waals surface area contributed by atoms with E-state index in [0.29, 0.717) is 6.42 Å². The second-order valence-electron chi connectivity index (χ2n) is 2.78. The topological polar surface area (TPSA) is 35.5 Å². The Hall–Kier alpha value is -0.780. The molecule has 0 amide bonds. The fraction of sp³-hybridized carbons (Fsp3) is 0.875. The fourth-order valence-corrected chi connectivity index (χ4v) is 0.731. The monoisotopic (exact) mass is 214 g/mol. The molecule has 0 aromatic rings. The van der Waals surface area contributed by atoms with Crippen molar-refractivity contribution in [2.24, 2.45) is 0 Å². The molecule has 0 aliphatic carbocycles. The highest BCUT2D eigenvalue weighted by Crippen LogP contribution is 2.17. The van der Waals surface area contributed by atoms with Crippen molar-refractivity contribution < 1.29 is 27.8 Å². The van der Waals surface area contributed by atoms with Gasteiger partial charge in [0.25, 0.3) is 0 Å². The molecule has 0 aliphatic heterocycles. The molecule has 0 aliphatic rings. The molecule has 0 fully saturated rings. The Balaban J connectivity index is 3.82. The Kier molecular flexibility index (Phi) is 6.27. The van der Waals surface area contributed by atoms with Crippen molar-refractivity contribution in [1.29, 1.82) is 0 Å². The van der Waals surface area contributed by atoms with Gasteiger partial charge < -0.3 is 4.74 Å². The Morgan fingerprint density at radius 1 is 1.43 bits per heavy atom. The van der Waals surface area contributed by atoms with Gasteiger partial charge in [0.05, 0.1) is 6.61 Å². The van der Waals surface area contributed by atoms with Gasteiger partial charge in [0, 0.05) is 0 Å². The first-order chi connectivity index (χ1) is 6.60. The summed E-state index contributed by atoms with van der Waals surface area (Å²) in [4.78, 5) is 13.3. The maximum atomic E-state index is 12.7. The summed E-state index contributed by atoms with van der Waals surface area (Å²) >= 11 is 0. The number of esters is 1. The van der Waals surface area contributed by atoms with Crippen molar-refractivity contribution >= 4 is 5.97 Å². The number of unbranched alkanes of at least 4 members (excludes halogenated alkanes) is 2. The van der Waals surface area contributed by atoms with Crippen LogP contribution < -0.4 is 0 Å². The SMILES string of the molecule is CCCCCOC(=O)C(F)(CF)OF. The predicted octanol–water partition coefficient (Wildman–Crippen LogP) is 2.26. The van der Waals surface area contributed by atoms with Crippen LogP contribution in [0.3, 0.4) is 0 Å². The van der Waals surface area contributed by atoms with E-state index in [4.69, 9.17) is 0 Å². The Morgan fingerprint density at radius 3 is 2.50 bits per heavy atom. The molecule has 0 aromatic carbocycles. The van der Waals surface area contributed by atoms with Gasteiger partial charge in [-0.05, 0) is 10.9 Å². The maximum absolute atomic E-state index is 12.7. The van der Waals surface area contributed by atoms with Crippen LogP contribution >= 0.6 is 0 Å². The highest BCUT2D eigenvalue weighted by atomic mass is 19.3. The lowest BCUT2D eigenvalue weighted by molar-refractivity contribution is -0.294. The summed E-state index contributed by atoms with van der Waals surface area (Å²) in [5, 5.41) is 0. The quantitative estimate of drug-likeness (QED) is 0.481. The van der Waals surface area contributed by atoms with E-state index in [0.717, 1.165) is 12.8 Å². The Morgan fingerprint density at radius 2 is 2.07 bits per heavy atom. The molecule has 0 N–H and O–H groups in total. The molecule has 1 unspecified atom stereocenters. The third kappa shape index (κ3) is 3.95. The number of carbonyl (C=O) groups excluding carboxylic acids is 1. The lowest BCUT2D eigenvalue weighted by Crippen LogP contribution is -2.38. The molecular weight excluding hydrogens is 201 g/mol. The smallest absolute Gasteiger partial charge is 0.378 e. The second kappa shape index (κ2) is 6.64. The third-order valence-corrected chi connectivity index (χ3v) is 1.58. The summed E-state index contributed by atoms with van der Waals surface area (Å²) in [7, 11) is 0. The molecule has 0 bridgehead atoms. The molecule has 0 rings (SSSR count). The number of alkyl halides is 2. The van der Waals surface area contributed by atoms with Gasteiger partial charge in [-0.1, -0.05) is 19.8 Å². The van der Waals surface area contributed by atoms with E-state index in [9.17, 15) is 18.1 Å². The van der Waals surface area contributed by atoms with Crippen LogP contribution in [0, 0.1) is 0 Å². The minimum absolute atomic E-state index is 0.0678. The van der Waals surface area contributed by atoms with E-state index in [1.165, 1.54) is 0 Å². The van der Waals surface area contributed by atoms with Crippen molar-refractivity contribution in [3.8, 4) is 0 Å². The number of ether oxygens (including phenoxy) is 1. The van der Waals surface area contributed by atoms with Gasteiger partial charge >= 0.3 is 11.8 Å². The van der Waals surface area contributed by atoms with Crippen LogP contribution in [0.25, 0.3) is 0 Å². The van der Waals surface area contributed by atoms with Gasteiger partial charge in [0.15, 0.2) is 6.67 Å². The van der Waals surface area contributed by atoms with E-state index in [2.05, 4.69) is 9.68 Å². The van der Waals surface area contributed by atoms with E-state index >= 15 is 0 Å². The minimum Gasteiger partial charge on any atom is -0.461 e. The van der Waals surface area contributed by atoms with Crippen molar-refractivity contribution in [2.45, 2.75) is 32.0 Å². The highest BCUT2D eigenvalue weighted by Gasteiger charge is 2.44. The second-order valence-corrected chi connectivity index (χ2v) is 2.78. The van der Waals surface area contributed by atoms with Gasteiger partial charge in [-0.3, -0.25) is 0 Å². The van der Waals surface area contributed by atoms with E-state index in [1.807, 2.05) is 6.92 Å². The predicted molar refractivity (Wildman–Crippen MR) is 42.5 cm³/mol.